The van der Waals surface area contributed by atoms with Crippen LogP contribution < -0.4 is 5.32 Å². The second-order valence-corrected chi connectivity index (χ2v) is 9.35. The van der Waals surface area contributed by atoms with Gasteiger partial charge in [0.25, 0.3) is 11.9 Å². The van der Waals surface area contributed by atoms with E-state index in [0.717, 1.165) is 39.2 Å². The van der Waals surface area contributed by atoms with E-state index in [1.165, 1.54) is 6.42 Å². The summed E-state index contributed by atoms with van der Waals surface area (Å²) in [5, 5.41) is 3.34. The molecular formula is C24H22N4O2S. The minimum atomic E-state index is 0.101. The molecule has 6 rings (SSSR count). The molecule has 1 N–H and O–H groups in total. The Labute approximate surface area is 183 Å². The molecule has 156 valence electrons. The predicted octanol–water partition coefficient (Wildman–Crippen LogP) is 4.83. The molecule has 31 heavy (non-hydrogen) atoms. The van der Waals surface area contributed by atoms with Crippen molar-refractivity contribution in [1.82, 2.24) is 14.9 Å². The number of aryl methyl sites for hydroxylation is 1. The zero-order valence-corrected chi connectivity index (χ0v) is 17.9. The first-order valence-electron chi connectivity index (χ1n) is 10.6. The molecule has 0 radical (unpaired) electrons. The summed E-state index contributed by atoms with van der Waals surface area (Å²) < 4.78 is 5.81. The van der Waals surface area contributed by atoms with Crippen molar-refractivity contribution in [2.75, 3.05) is 18.4 Å². The molecule has 4 aromatic rings. The molecule has 0 spiro atoms. The summed E-state index contributed by atoms with van der Waals surface area (Å²) in [7, 11) is 0. The number of nitrogens with zero attached hydrogens (tertiary/aromatic N) is 3. The van der Waals surface area contributed by atoms with Gasteiger partial charge in [-0.05, 0) is 43.4 Å². The summed E-state index contributed by atoms with van der Waals surface area (Å²) in [6, 6.07) is 14.5. The SMILES string of the molecule is Cc1ccc(-c2cncs2)c(C(=O)N2CC3CC3C2CNc2nc3ccccc3o2)c1. The van der Waals surface area contributed by atoms with E-state index < -0.39 is 0 Å². The third kappa shape index (κ3) is 3.29. The average Bonchev–Trinajstić information content (AvgIpc) is 3.17. The second-order valence-electron chi connectivity index (χ2n) is 8.47. The van der Waals surface area contributed by atoms with Crippen molar-refractivity contribution >= 4 is 34.4 Å². The molecule has 1 saturated carbocycles. The van der Waals surface area contributed by atoms with Gasteiger partial charge in [0, 0.05) is 30.4 Å². The minimum absolute atomic E-state index is 0.101. The first kappa shape index (κ1) is 18.6. The third-order valence-corrected chi connectivity index (χ3v) is 7.23. The first-order valence-corrected chi connectivity index (χ1v) is 11.5. The largest absolute Gasteiger partial charge is 0.424 e. The normalized spacial score (nSPS) is 22.0. The fraction of sp³-hybridized carbons (Fsp3) is 0.292. The van der Waals surface area contributed by atoms with Crippen LogP contribution in [0, 0.1) is 18.8 Å². The number of anilines is 1. The summed E-state index contributed by atoms with van der Waals surface area (Å²) in [6.45, 7) is 3.49. The fourth-order valence-corrected chi connectivity index (χ4v) is 5.42. The van der Waals surface area contributed by atoms with Crippen molar-refractivity contribution in [3.63, 3.8) is 0 Å². The number of amides is 1. The number of benzene rings is 2. The molecule has 3 atom stereocenters. The van der Waals surface area contributed by atoms with Crippen molar-refractivity contribution in [3.05, 3.63) is 65.3 Å². The first-order chi connectivity index (χ1) is 15.2. The number of aromatic nitrogens is 2. The predicted molar refractivity (Wildman–Crippen MR) is 121 cm³/mol. The monoisotopic (exact) mass is 430 g/mol. The number of carbonyl (C=O) groups is 1. The van der Waals surface area contributed by atoms with Crippen LogP contribution in [0.3, 0.4) is 0 Å². The molecule has 3 heterocycles. The lowest BCUT2D eigenvalue weighted by Crippen LogP contribution is -2.42. The van der Waals surface area contributed by atoms with Gasteiger partial charge >= 0.3 is 0 Å². The molecule has 6 nitrogen and oxygen atoms in total. The van der Waals surface area contributed by atoms with Crippen molar-refractivity contribution < 1.29 is 9.21 Å². The van der Waals surface area contributed by atoms with Crippen LogP contribution in [0.5, 0.6) is 0 Å². The van der Waals surface area contributed by atoms with Gasteiger partial charge in [-0.1, -0.05) is 29.8 Å². The van der Waals surface area contributed by atoms with Crippen LogP contribution in [0.1, 0.15) is 22.3 Å². The van der Waals surface area contributed by atoms with Crippen molar-refractivity contribution in [1.29, 1.82) is 0 Å². The number of piperidine rings is 1. The molecule has 1 aliphatic carbocycles. The Bertz CT molecular complexity index is 1230. The third-order valence-electron chi connectivity index (χ3n) is 6.42. The Morgan fingerprint density at radius 1 is 1.29 bits per heavy atom. The number of fused-ring (bicyclic) bond motifs is 2. The van der Waals surface area contributed by atoms with Crippen molar-refractivity contribution in [2.45, 2.75) is 19.4 Å². The molecule has 1 aliphatic heterocycles. The van der Waals surface area contributed by atoms with Gasteiger partial charge in [-0.3, -0.25) is 9.78 Å². The van der Waals surface area contributed by atoms with Crippen LogP contribution in [0.15, 0.2) is 58.6 Å². The molecule has 2 aliphatic rings. The van der Waals surface area contributed by atoms with Gasteiger partial charge < -0.3 is 14.6 Å². The van der Waals surface area contributed by atoms with Gasteiger partial charge in [-0.15, -0.1) is 11.3 Å². The maximum atomic E-state index is 13.7. The number of oxazole rings is 1. The van der Waals surface area contributed by atoms with Crippen LogP contribution in [-0.2, 0) is 0 Å². The number of hydrogen-bond acceptors (Lipinski definition) is 6. The van der Waals surface area contributed by atoms with E-state index in [9.17, 15) is 4.79 Å². The number of likely N-dealkylation sites (tertiary alicyclic amines) is 1. The standard InChI is InChI=1S/C24H22N4O2S/c1-14-6-7-16(22-11-25-13-31-22)18(8-14)23(29)28-12-15-9-17(15)20(28)10-26-24-27-19-4-2-3-5-21(19)30-24/h2-8,11,13,15,17,20H,9-10,12H2,1H3,(H,26,27). The van der Waals surface area contributed by atoms with Gasteiger partial charge in [-0.25, -0.2) is 0 Å². The van der Waals surface area contributed by atoms with E-state index in [1.807, 2.05) is 59.9 Å². The van der Waals surface area contributed by atoms with E-state index in [4.69, 9.17) is 4.42 Å². The Hall–Kier alpha value is -3.19. The number of hydrogen-bond donors (Lipinski definition) is 1. The number of para-hydroxylation sites is 2. The Kier molecular flexibility index (Phi) is 4.31. The van der Waals surface area contributed by atoms with Crippen molar-refractivity contribution in [3.8, 4) is 10.4 Å². The highest BCUT2D eigenvalue weighted by Crippen LogP contribution is 2.50. The fourth-order valence-electron chi connectivity index (χ4n) is 4.76. The van der Waals surface area contributed by atoms with Crippen LogP contribution in [0.4, 0.5) is 6.01 Å². The van der Waals surface area contributed by atoms with Crippen molar-refractivity contribution in [2.24, 2.45) is 11.8 Å². The maximum Gasteiger partial charge on any atom is 0.295 e. The molecule has 0 bridgehead atoms. The molecule has 1 saturated heterocycles. The maximum absolute atomic E-state index is 13.7. The molecule has 1 amide bonds. The number of rotatable bonds is 5. The smallest absolute Gasteiger partial charge is 0.295 e. The Morgan fingerprint density at radius 2 is 2.19 bits per heavy atom. The summed E-state index contributed by atoms with van der Waals surface area (Å²) >= 11 is 1.56. The van der Waals surface area contributed by atoms with Crippen LogP contribution in [-0.4, -0.2) is 39.9 Å². The molecular weight excluding hydrogens is 408 g/mol. The number of carbonyl (C=O) groups excluding carboxylic acids is 1. The van der Waals surface area contributed by atoms with Gasteiger partial charge in [0.15, 0.2) is 5.58 Å². The van der Waals surface area contributed by atoms with Gasteiger partial charge in [0.05, 0.1) is 16.4 Å². The lowest BCUT2D eigenvalue weighted by Gasteiger charge is -2.28. The second kappa shape index (κ2) is 7.20. The van der Waals surface area contributed by atoms with E-state index in [1.54, 1.807) is 11.3 Å². The van der Waals surface area contributed by atoms with Crippen LogP contribution in [0.2, 0.25) is 0 Å². The van der Waals surface area contributed by atoms with Crippen LogP contribution in [0.25, 0.3) is 21.5 Å². The van der Waals surface area contributed by atoms with E-state index >= 15 is 0 Å². The minimum Gasteiger partial charge on any atom is -0.424 e. The molecule has 2 aromatic heterocycles. The molecule has 2 aromatic carbocycles. The van der Waals surface area contributed by atoms with Crippen LogP contribution >= 0.6 is 11.3 Å². The summed E-state index contributed by atoms with van der Waals surface area (Å²) in [6.07, 6.45) is 3.03. The van der Waals surface area contributed by atoms with E-state index in [-0.39, 0.29) is 11.9 Å². The van der Waals surface area contributed by atoms with Gasteiger partial charge in [0.1, 0.15) is 5.52 Å². The zero-order valence-electron chi connectivity index (χ0n) is 17.1. The Morgan fingerprint density at radius 3 is 3.03 bits per heavy atom. The highest BCUT2D eigenvalue weighted by molar-refractivity contribution is 7.13. The Balaban J connectivity index is 1.26. The quantitative estimate of drug-likeness (QED) is 0.491. The highest BCUT2D eigenvalue weighted by atomic mass is 32.1. The van der Waals surface area contributed by atoms with Gasteiger partial charge in [0.2, 0.25) is 0 Å². The zero-order chi connectivity index (χ0) is 20.9. The number of thiazole rings is 1. The summed E-state index contributed by atoms with van der Waals surface area (Å²) in [5.74, 6) is 1.26. The molecule has 7 heteroatoms. The van der Waals surface area contributed by atoms with E-state index in [2.05, 4.69) is 21.4 Å². The lowest BCUT2D eigenvalue weighted by molar-refractivity contribution is 0.0716. The average molecular weight is 431 g/mol. The summed E-state index contributed by atoms with van der Waals surface area (Å²) in [5.41, 5.74) is 6.22. The van der Waals surface area contributed by atoms with Gasteiger partial charge in [-0.2, -0.15) is 4.98 Å². The van der Waals surface area contributed by atoms with E-state index in [0.29, 0.717) is 24.4 Å². The summed E-state index contributed by atoms with van der Waals surface area (Å²) in [4.78, 5) is 25.5. The molecule has 2 fully saturated rings. The highest BCUT2D eigenvalue weighted by Gasteiger charge is 2.54. The topological polar surface area (TPSA) is 71.3 Å². The lowest BCUT2D eigenvalue weighted by atomic mass is 10.0. The molecule has 3 unspecified atom stereocenters. The number of nitrogens with one attached hydrogen (secondary N) is 1.